The summed E-state index contributed by atoms with van der Waals surface area (Å²) in [5.41, 5.74) is 1.83. The highest BCUT2D eigenvalue weighted by Crippen LogP contribution is 2.32. The second-order valence-electron chi connectivity index (χ2n) is 9.77. The highest BCUT2D eigenvalue weighted by Gasteiger charge is 2.24. The molecule has 0 aliphatic heterocycles. The summed E-state index contributed by atoms with van der Waals surface area (Å²) in [7, 11) is -4.00. The van der Waals surface area contributed by atoms with Crippen LogP contribution in [-0.2, 0) is 23.1 Å². The first-order valence-electron chi connectivity index (χ1n) is 11.6. The van der Waals surface area contributed by atoms with E-state index in [2.05, 4.69) is 9.82 Å². The minimum atomic E-state index is -4.00. The largest absolute Gasteiger partial charge is 0.530 e. The van der Waals surface area contributed by atoms with Crippen molar-refractivity contribution in [1.82, 2.24) is 14.7 Å². The molecule has 0 radical (unpaired) electrons. The van der Waals surface area contributed by atoms with Crippen molar-refractivity contribution in [2.24, 2.45) is 0 Å². The summed E-state index contributed by atoms with van der Waals surface area (Å²) in [6.07, 6.45) is -1.26. The Bertz CT molecular complexity index is 1640. The van der Waals surface area contributed by atoms with Crippen LogP contribution in [0.3, 0.4) is 0 Å². The lowest BCUT2D eigenvalue weighted by Crippen LogP contribution is -2.50. The number of rotatable bonds is 8. The third-order valence-electron chi connectivity index (χ3n) is 5.90. The third-order valence-corrected chi connectivity index (χ3v) is 8.96. The van der Waals surface area contributed by atoms with Crippen LogP contribution in [0.1, 0.15) is 49.2 Å². The number of nitrogens with zero attached hydrogens (tertiary/aromatic N) is 3. The molecular formula is C26H26ClN4O5S2-. The van der Waals surface area contributed by atoms with Crippen molar-refractivity contribution in [3.8, 4) is 0 Å². The molecule has 1 N–H and O–H groups in total. The fourth-order valence-corrected chi connectivity index (χ4v) is 6.58. The van der Waals surface area contributed by atoms with Crippen molar-refractivity contribution in [1.29, 1.82) is 0 Å². The first-order valence-corrected chi connectivity index (χ1v) is 14.3. The van der Waals surface area contributed by atoms with Gasteiger partial charge in [0, 0.05) is 17.6 Å². The lowest BCUT2D eigenvalue weighted by atomic mass is 10.0. The summed E-state index contributed by atoms with van der Waals surface area (Å²) in [5, 5.41) is 16.6. The van der Waals surface area contributed by atoms with Gasteiger partial charge in [0.2, 0.25) is 0 Å². The molecule has 0 spiro atoms. The quantitative estimate of drug-likeness (QED) is 0.303. The molecule has 0 atom stereocenters. The Morgan fingerprint density at radius 2 is 1.79 bits per heavy atom. The third kappa shape index (κ3) is 5.85. The topological polar surface area (TPSA) is 124 Å². The van der Waals surface area contributed by atoms with Gasteiger partial charge in [-0.2, -0.15) is 5.10 Å². The first kappa shape index (κ1) is 27.6. The number of thiophene rings is 1. The Morgan fingerprint density at radius 1 is 1.11 bits per heavy atom. The molecule has 0 fully saturated rings. The molecule has 0 saturated carbocycles. The van der Waals surface area contributed by atoms with Gasteiger partial charge < -0.3 is 14.8 Å². The SMILES string of the molecule is CC(=O)c1cccc2c1c(NS(=O)(=O)c1ccc(Cl)s1)nn2Cc1cccc(CN(C(=O)[O-])C(C)(C)C)c1. The molecule has 2 aromatic heterocycles. The number of benzene rings is 2. The van der Waals surface area contributed by atoms with E-state index < -0.39 is 21.7 Å². The van der Waals surface area contributed by atoms with E-state index >= 15 is 0 Å². The maximum Gasteiger partial charge on any atom is 0.272 e. The smallest absolute Gasteiger partial charge is 0.272 e. The fourth-order valence-electron chi connectivity index (χ4n) is 4.09. The molecule has 200 valence electrons. The van der Waals surface area contributed by atoms with E-state index in [9.17, 15) is 23.1 Å². The Balaban J connectivity index is 1.74. The maximum absolute atomic E-state index is 13.0. The number of hydrogen-bond donors (Lipinski definition) is 1. The van der Waals surface area contributed by atoms with Crippen molar-refractivity contribution in [2.45, 2.75) is 50.5 Å². The number of nitrogens with one attached hydrogen (secondary N) is 1. The van der Waals surface area contributed by atoms with Crippen LogP contribution < -0.4 is 9.83 Å². The molecule has 2 heterocycles. The second kappa shape index (κ2) is 10.4. The van der Waals surface area contributed by atoms with Gasteiger partial charge in [-0.15, -0.1) is 11.3 Å². The van der Waals surface area contributed by atoms with Crippen molar-refractivity contribution in [3.63, 3.8) is 0 Å². The normalized spacial score (nSPS) is 12.0. The number of hydrogen-bond acceptors (Lipinski definition) is 7. The molecule has 0 aliphatic rings. The van der Waals surface area contributed by atoms with Crippen LogP contribution in [0.15, 0.2) is 58.8 Å². The molecule has 0 saturated heterocycles. The Labute approximate surface area is 229 Å². The number of Topliss-reactive ketones (excluding diaryl/α,β-unsaturated/α-hetero) is 1. The van der Waals surface area contributed by atoms with E-state index in [0.717, 1.165) is 22.5 Å². The van der Waals surface area contributed by atoms with Gasteiger partial charge in [0.05, 0.1) is 21.8 Å². The van der Waals surface area contributed by atoms with Gasteiger partial charge in [0.25, 0.3) is 10.0 Å². The van der Waals surface area contributed by atoms with Gasteiger partial charge in [-0.3, -0.25) is 14.2 Å². The molecular weight excluding hydrogens is 548 g/mol. The number of sulfonamides is 1. The predicted octanol–water partition coefficient (Wildman–Crippen LogP) is 4.75. The van der Waals surface area contributed by atoms with Gasteiger partial charge in [0.1, 0.15) is 10.3 Å². The second-order valence-corrected chi connectivity index (χ2v) is 13.4. The molecule has 0 unspecified atom stereocenters. The van der Waals surface area contributed by atoms with Crippen molar-refractivity contribution in [2.75, 3.05) is 4.72 Å². The summed E-state index contributed by atoms with van der Waals surface area (Å²) < 4.78 is 30.6. The Morgan fingerprint density at radius 3 is 2.39 bits per heavy atom. The summed E-state index contributed by atoms with van der Waals surface area (Å²) in [6.45, 7) is 7.18. The molecule has 1 amide bonds. The summed E-state index contributed by atoms with van der Waals surface area (Å²) in [4.78, 5) is 25.4. The van der Waals surface area contributed by atoms with Crippen molar-refractivity contribution >= 4 is 61.6 Å². The Kier molecular flexibility index (Phi) is 7.55. The van der Waals surface area contributed by atoms with Crippen LogP contribution in [0, 0.1) is 0 Å². The van der Waals surface area contributed by atoms with E-state index in [0.29, 0.717) is 20.8 Å². The minimum Gasteiger partial charge on any atom is -0.530 e. The number of fused-ring (bicyclic) bond motifs is 1. The molecule has 38 heavy (non-hydrogen) atoms. The molecule has 4 rings (SSSR count). The number of carbonyl (C=O) groups excluding carboxylic acids is 2. The van der Waals surface area contributed by atoms with E-state index in [1.54, 1.807) is 43.7 Å². The van der Waals surface area contributed by atoms with Crippen LogP contribution in [0.4, 0.5) is 10.6 Å². The van der Waals surface area contributed by atoms with E-state index in [1.165, 1.54) is 24.0 Å². The van der Waals surface area contributed by atoms with Crippen LogP contribution >= 0.6 is 22.9 Å². The fraction of sp³-hybridized carbons (Fsp3) is 0.269. The zero-order valence-corrected chi connectivity index (χ0v) is 23.6. The molecule has 2 aromatic carbocycles. The summed E-state index contributed by atoms with van der Waals surface area (Å²) in [5.74, 6) is -0.205. The molecule has 12 heteroatoms. The molecule has 4 aromatic rings. The van der Waals surface area contributed by atoms with E-state index in [4.69, 9.17) is 11.6 Å². The monoisotopic (exact) mass is 573 g/mol. The zero-order valence-electron chi connectivity index (χ0n) is 21.2. The summed E-state index contributed by atoms with van der Waals surface area (Å²) in [6, 6.07) is 15.4. The average Bonchev–Trinajstić information content (AvgIpc) is 3.41. The van der Waals surface area contributed by atoms with Gasteiger partial charge >= 0.3 is 0 Å². The van der Waals surface area contributed by atoms with E-state index in [-0.39, 0.29) is 28.9 Å². The highest BCUT2D eigenvalue weighted by atomic mass is 35.5. The lowest BCUT2D eigenvalue weighted by Gasteiger charge is -2.38. The summed E-state index contributed by atoms with van der Waals surface area (Å²) >= 11 is 6.85. The van der Waals surface area contributed by atoms with Crippen LogP contribution in [0.2, 0.25) is 4.34 Å². The van der Waals surface area contributed by atoms with Gasteiger partial charge in [-0.1, -0.05) is 48.0 Å². The van der Waals surface area contributed by atoms with Crippen LogP contribution in [0.5, 0.6) is 0 Å². The number of halogens is 1. The number of ketones is 1. The van der Waals surface area contributed by atoms with Crippen LogP contribution in [0.25, 0.3) is 10.9 Å². The van der Waals surface area contributed by atoms with Gasteiger partial charge in [-0.25, -0.2) is 8.42 Å². The predicted molar refractivity (Wildman–Crippen MR) is 146 cm³/mol. The molecule has 9 nitrogen and oxygen atoms in total. The van der Waals surface area contributed by atoms with Gasteiger partial charge in [0.15, 0.2) is 11.6 Å². The lowest BCUT2D eigenvalue weighted by molar-refractivity contribution is -0.271. The standard InChI is InChI=1S/C26H27ClN4O5S2/c1-16(32)19-9-6-10-20-23(19)24(29-38(35,36)22-12-11-21(27)37-22)28-31(20)15-18-8-5-7-17(13-18)14-30(25(33)34)26(2,3)4/h5-13H,14-15H2,1-4H3,(H,28,29)(H,33,34)/p-1. The minimum absolute atomic E-state index is 0.0227. The van der Waals surface area contributed by atoms with Crippen molar-refractivity contribution < 1.29 is 23.1 Å². The first-order chi connectivity index (χ1) is 17.8. The van der Waals surface area contributed by atoms with Gasteiger partial charge in [-0.05, 0) is 57.0 Å². The number of carbonyl (C=O) groups is 2. The van der Waals surface area contributed by atoms with E-state index in [1.807, 2.05) is 24.3 Å². The number of amides is 1. The van der Waals surface area contributed by atoms with Crippen molar-refractivity contribution in [3.05, 3.63) is 75.6 Å². The highest BCUT2D eigenvalue weighted by molar-refractivity contribution is 7.94. The number of carboxylic acid groups (broad SMARTS) is 1. The number of anilines is 1. The molecule has 0 bridgehead atoms. The molecule has 0 aliphatic carbocycles. The average molecular weight is 574 g/mol. The van der Waals surface area contributed by atoms with Crippen LogP contribution in [-0.4, -0.2) is 40.5 Å². The maximum atomic E-state index is 13.0. The zero-order chi connectivity index (χ0) is 27.8. The Hall–Kier alpha value is -3.41. The number of aromatic nitrogens is 2.